The van der Waals surface area contributed by atoms with Crippen molar-refractivity contribution in [2.24, 2.45) is 0 Å². The van der Waals surface area contributed by atoms with Crippen LogP contribution in [-0.2, 0) is 0 Å². The van der Waals surface area contributed by atoms with Crippen molar-refractivity contribution >= 4 is 39.4 Å². The molecule has 0 unspecified atom stereocenters. The minimum absolute atomic E-state index is 0.203. The van der Waals surface area contributed by atoms with Crippen LogP contribution in [0.15, 0.2) is 10.5 Å². The van der Waals surface area contributed by atoms with Crippen LogP contribution in [-0.4, -0.2) is 28.4 Å². The van der Waals surface area contributed by atoms with Gasteiger partial charge in [-0.15, -0.1) is 10.2 Å². The molecule has 0 bridgehead atoms. The van der Waals surface area contributed by atoms with Crippen LogP contribution in [0.1, 0.15) is 0 Å². The number of carboxylic acid groups (broad SMARTS) is 1. The van der Waals surface area contributed by atoms with Gasteiger partial charge in [-0.2, -0.15) is 0 Å². The van der Waals surface area contributed by atoms with E-state index in [0.29, 0.717) is 4.47 Å². The standard InChI is InChI=1S/C6H5BrClN3O2/c1-11(6(12)13)5-3(7)2-4(8)9-10-5/h2H,1H3,(H,12,13). The monoisotopic (exact) mass is 265 g/mol. The number of amides is 1. The van der Waals surface area contributed by atoms with Gasteiger partial charge in [0.2, 0.25) is 0 Å². The van der Waals surface area contributed by atoms with Crippen molar-refractivity contribution in [2.45, 2.75) is 0 Å². The molecule has 1 aromatic heterocycles. The van der Waals surface area contributed by atoms with Crippen LogP contribution < -0.4 is 4.90 Å². The first-order valence-electron chi connectivity index (χ1n) is 3.17. The van der Waals surface area contributed by atoms with Crippen LogP contribution >= 0.6 is 27.5 Å². The molecule has 7 heteroatoms. The smallest absolute Gasteiger partial charge is 0.412 e. The SMILES string of the molecule is CN(C(=O)O)c1nnc(Cl)cc1Br. The lowest BCUT2D eigenvalue weighted by Crippen LogP contribution is -2.25. The molecule has 1 rings (SSSR count). The van der Waals surface area contributed by atoms with Gasteiger partial charge in [0.25, 0.3) is 0 Å². The summed E-state index contributed by atoms with van der Waals surface area (Å²) in [5, 5.41) is 16.0. The molecule has 0 aliphatic carbocycles. The molecule has 0 fully saturated rings. The minimum Gasteiger partial charge on any atom is -0.465 e. The van der Waals surface area contributed by atoms with E-state index >= 15 is 0 Å². The number of aromatic nitrogens is 2. The third-order valence-electron chi connectivity index (χ3n) is 1.30. The second-order valence-electron chi connectivity index (χ2n) is 2.18. The Morgan fingerprint density at radius 2 is 2.31 bits per heavy atom. The van der Waals surface area contributed by atoms with E-state index in [1.165, 1.54) is 13.1 Å². The van der Waals surface area contributed by atoms with Crippen LogP contribution in [0.3, 0.4) is 0 Å². The van der Waals surface area contributed by atoms with Crippen LogP contribution in [0, 0.1) is 0 Å². The summed E-state index contributed by atoms with van der Waals surface area (Å²) in [5.41, 5.74) is 0. The predicted molar refractivity (Wildman–Crippen MR) is 51.2 cm³/mol. The second-order valence-corrected chi connectivity index (χ2v) is 3.42. The number of halogens is 2. The van der Waals surface area contributed by atoms with Crippen molar-refractivity contribution in [3.8, 4) is 0 Å². The van der Waals surface area contributed by atoms with Crippen molar-refractivity contribution < 1.29 is 9.90 Å². The van der Waals surface area contributed by atoms with Crippen LogP contribution in [0.25, 0.3) is 0 Å². The molecular formula is C6H5BrClN3O2. The molecule has 0 aromatic carbocycles. The largest absolute Gasteiger partial charge is 0.465 e. The molecule has 0 aliphatic rings. The molecule has 0 saturated carbocycles. The lowest BCUT2D eigenvalue weighted by molar-refractivity contribution is 0.203. The van der Waals surface area contributed by atoms with Gasteiger partial charge in [-0.05, 0) is 22.0 Å². The van der Waals surface area contributed by atoms with Gasteiger partial charge in [0.15, 0.2) is 11.0 Å². The lowest BCUT2D eigenvalue weighted by atomic mass is 10.5. The molecule has 0 atom stereocenters. The fourth-order valence-corrected chi connectivity index (χ4v) is 1.50. The Morgan fingerprint density at radius 3 is 2.77 bits per heavy atom. The first kappa shape index (κ1) is 10.2. The summed E-state index contributed by atoms with van der Waals surface area (Å²) >= 11 is 8.66. The van der Waals surface area contributed by atoms with E-state index in [4.69, 9.17) is 16.7 Å². The molecule has 0 spiro atoms. The fourth-order valence-electron chi connectivity index (χ4n) is 0.659. The molecule has 1 aromatic rings. The highest BCUT2D eigenvalue weighted by atomic mass is 79.9. The Morgan fingerprint density at radius 1 is 1.69 bits per heavy atom. The summed E-state index contributed by atoms with van der Waals surface area (Å²) in [7, 11) is 1.37. The maximum atomic E-state index is 10.5. The molecule has 13 heavy (non-hydrogen) atoms. The molecule has 1 N–H and O–H groups in total. The normalized spacial score (nSPS) is 9.77. The maximum absolute atomic E-state index is 10.5. The van der Waals surface area contributed by atoms with E-state index in [-0.39, 0.29) is 11.0 Å². The Labute approximate surface area is 87.5 Å². The molecule has 1 amide bonds. The van der Waals surface area contributed by atoms with E-state index in [0.717, 1.165) is 4.90 Å². The molecule has 0 radical (unpaired) electrons. The topological polar surface area (TPSA) is 66.3 Å². The van der Waals surface area contributed by atoms with Gasteiger partial charge >= 0.3 is 6.09 Å². The highest BCUT2D eigenvalue weighted by molar-refractivity contribution is 9.10. The summed E-state index contributed by atoms with van der Waals surface area (Å²) in [5.74, 6) is 0.205. The van der Waals surface area contributed by atoms with Crippen molar-refractivity contribution in [1.29, 1.82) is 0 Å². The average molecular weight is 266 g/mol. The average Bonchev–Trinajstić information content (AvgIpc) is 2.03. The number of rotatable bonds is 1. The third-order valence-corrected chi connectivity index (χ3v) is 2.07. The Kier molecular flexibility index (Phi) is 3.05. The molecule has 0 aliphatic heterocycles. The van der Waals surface area contributed by atoms with Gasteiger partial charge in [0.1, 0.15) is 0 Å². The first-order valence-corrected chi connectivity index (χ1v) is 4.35. The summed E-state index contributed by atoms with van der Waals surface area (Å²) in [4.78, 5) is 11.5. The number of hydrogen-bond acceptors (Lipinski definition) is 3. The van der Waals surface area contributed by atoms with Gasteiger partial charge in [-0.3, -0.25) is 4.90 Å². The van der Waals surface area contributed by atoms with Crippen molar-refractivity contribution in [3.05, 3.63) is 15.7 Å². The molecular weight excluding hydrogens is 261 g/mol. The molecule has 70 valence electrons. The second kappa shape index (κ2) is 3.89. The summed E-state index contributed by atoms with van der Waals surface area (Å²) in [6.07, 6.45) is -1.11. The molecule has 0 saturated heterocycles. The van der Waals surface area contributed by atoms with Gasteiger partial charge in [-0.1, -0.05) is 11.6 Å². The molecule has 1 heterocycles. The first-order chi connectivity index (χ1) is 6.02. The van der Waals surface area contributed by atoms with Gasteiger partial charge in [0.05, 0.1) is 4.47 Å². The summed E-state index contributed by atoms with van der Waals surface area (Å²) in [6, 6.07) is 1.48. The third kappa shape index (κ3) is 2.28. The van der Waals surface area contributed by atoms with Crippen molar-refractivity contribution in [1.82, 2.24) is 10.2 Å². The number of anilines is 1. The highest BCUT2D eigenvalue weighted by Crippen LogP contribution is 2.23. The van der Waals surface area contributed by atoms with E-state index in [2.05, 4.69) is 26.1 Å². The van der Waals surface area contributed by atoms with Gasteiger partial charge in [-0.25, -0.2) is 4.79 Å². The van der Waals surface area contributed by atoms with Gasteiger partial charge in [0, 0.05) is 7.05 Å². The fraction of sp³-hybridized carbons (Fsp3) is 0.167. The van der Waals surface area contributed by atoms with Crippen LogP contribution in [0.2, 0.25) is 5.15 Å². The van der Waals surface area contributed by atoms with Crippen LogP contribution in [0.5, 0.6) is 0 Å². The zero-order chi connectivity index (χ0) is 10.0. The quantitative estimate of drug-likeness (QED) is 0.844. The summed E-state index contributed by atoms with van der Waals surface area (Å²) < 4.78 is 0.484. The Balaban J connectivity index is 3.08. The number of nitrogens with zero attached hydrogens (tertiary/aromatic N) is 3. The number of carbonyl (C=O) groups is 1. The summed E-state index contributed by atoms with van der Waals surface area (Å²) in [6.45, 7) is 0. The van der Waals surface area contributed by atoms with Crippen molar-refractivity contribution in [3.63, 3.8) is 0 Å². The van der Waals surface area contributed by atoms with Crippen LogP contribution in [0.4, 0.5) is 10.6 Å². The Hall–Kier alpha value is -0.880. The highest BCUT2D eigenvalue weighted by Gasteiger charge is 2.14. The minimum atomic E-state index is -1.11. The molecule has 5 nitrogen and oxygen atoms in total. The van der Waals surface area contributed by atoms with E-state index in [1.807, 2.05) is 0 Å². The van der Waals surface area contributed by atoms with Gasteiger partial charge < -0.3 is 5.11 Å². The van der Waals surface area contributed by atoms with E-state index in [1.54, 1.807) is 0 Å². The predicted octanol–water partition coefficient (Wildman–Crippen LogP) is 2.01. The zero-order valence-corrected chi connectivity index (χ0v) is 8.87. The van der Waals surface area contributed by atoms with Crippen molar-refractivity contribution in [2.75, 3.05) is 11.9 Å². The lowest BCUT2D eigenvalue weighted by Gasteiger charge is -2.11. The number of hydrogen-bond donors (Lipinski definition) is 1. The zero-order valence-electron chi connectivity index (χ0n) is 6.53. The van der Waals surface area contributed by atoms with E-state index < -0.39 is 6.09 Å². The maximum Gasteiger partial charge on any atom is 0.412 e. The Bertz CT molecular complexity index is 347. The van der Waals surface area contributed by atoms with E-state index in [9.17, 15) is 4.79 Å².